The van der Waals surface area contributed by atoms with Crippen molar-refractivity contribution in [1.29, 1.82) is 0 Å². The first-order chi connectivity index (χ1) is 20.7. The summed E-state index contributed by atoms with van der Waals surface area (Å²) in [5.41, 5.74) is 2.82. The highest BCUT2D eigenvalue weighted by Gasteiger charge is 2.35. The Labute approximate surface area is 258 Å². The van der Waals surface area contributed by atoms with Gasteiger partial charge in [0.05, 0.1) is 6.04 Å². The number of piperazine rings is 2. The van der Waals surface area contributed by atoms with Gasteiger partial charge in [0.1, 0.15) is 5.75 Å². The number of rotatable bonds is 13. The number of carbonyl (C=O) groups is 2. The predicted octanol–water partition coefficient (Wildman–Crippen LogP) is 5.33. The SMILES string of the molecule is CCC(C)CN1C[C@H](C)N(C(c2cccc(O)c2)c2cccc(C(=O)N3CCN(CCCCCC(=O)O)CC3)c2)C[C@H]1C. The zero-order valence-corrected chi connectivity index (χ0v) is 26.6. The molecule has 2 aliphatic heterocycles. The maximum absolute atomic E-state index is 13.7. The number of phenols is 1. The molecular weight excluding hydrogens is 540 g/mol. The molecule has 0 saturated carbocycles. The van der Waals surface area contributed by atoms with Crippen molar-refractivity contribution in [2.45, 2.75) is 77.9 Å². The molecule has 8 heteroatoms. The number of phenolic OH excluding ortho intramolecular Hbond substituents is 1. The lowest BCUT2D eigenvalue weighted by Crippen LogP contribution is -2.57. The van der Waals surface area contributed by atoms with E-state index in [1.165, 1.54) is 6.42 Å². The summed E-state index contributed by atoms with van der Waals surface area (Å²) < 4.78 is 0. The molecule has 2 unspecified atom stereocenters. The molecule has 2 aromatic carbocycles. The fourth-order valence-electron chi connectivity index (χ4n) is 6.63. The summed E-state index contributed by atoms with van der Waals surface area (Å²) in [6.45, 7) is 16.2. The van der Waals surface area contributed by atoms with Gasteiger partial charge >= 0.3 is 5.97 Å². The molecule has 8 nitrogen and oxygen atoms in total. The van der Waals surface area contributed by atoms with E-state index < -0.39 is 5.97 Å². The summed E-state index contributed by atoms with van der Waals surface area (Å²) in [6.07, 6.45) is 4.04. The van der Waals surface area contributed by atoms with Crippen LogP contribution in [-0.2, 0) is 4.79 Å². The molecule has 43 heavy (non-hydrogen) atoms. The number of hydrogen-bond acceptors (Lipinski definition) is 6. The quantitative estimate of drug-likeness (QED) is 0.304. The van der Waals surface area contributed by atoms with Gasteiger partial charge in [0.2, 0.25) is 0 Å². The molecule has 2 N–H and O–H groups in total. The normalized spacial score (nSPS) is 21.9. The molecule has 4 atom stereocenters. The average molecular weight is 593 g/mol. The van der Waals surface area contributed by atoms with E-state index in [0.717, 1.165) is 69.7 Å². The molecule has 2 heterocycles. The Morgan fingerprint density at radius 1 is 0.907 bits per heavy atom. The Morgan fingerprint density at radius 3 is 2.28 bits per heavy atom. The Morgan fingerprint density at radius 2 is 1.60 bits per heavy atom. The van der Waals surface area contributed by atoms with Crippen LogP contribution in [0.2, 0.25) is 0 Å². The summed E-state index contributed by atoms with van der Waals surface area (Å²) in [4.78, 5) is 33.9. The third-order valence-corrected chi connectivity index (χ3v) is 9.40. The third-order valence-electron chi connectivity index (χ3n) is 9.40. The molecule has 4 rings (SSSR count). The van der Waals surface area contributed by atoms with Crippen molar-refractivity contribution in [2.75, 3.05) is 52.4 Å². The number of aliphatic carboxylic acids is 1. The van der Waals surface area contributed by atoms with Gasteiger partial charge in [-0.2, -0.15) is 0 Å². The minimum absolute atomic E-state index is 0.0670. The van der Waals surface area contributed by atoms with Crippen molar-refractivity contribution >= 4 is 11.9 Å². The van der Waals surface area contributed by atoms with E-state index in [4.69, 9.17) is 5.11 Å². The van der Waals surface area contributed by atoms with Crippen molar-refractivity contribution in [2.24, 2.45) is 5.92 Å². The van der Waals surface area contributed by atoms with Crippen molar-refractivity contribution in [1.82, 2.24) is 19.6 Å². The zero-order chi connectivity index (χ0) is 30.9. The zero-order valence-electron chi connectivity index (χ0n) is 26.6. The van der Waals surface area contributed by atoms with Gasteiger partial charge in [-0.15, -0.1) is 0 Å². The Kier molecular flexibility index (Phi) is 12.0. The summed E-state index contributed by atoms with van der Waals surface area (Å²) in [7, 11) is 0. The van der Waals surface area contributed by atoms with Gasteiger partial charge in [-0.3, -0.25) is 24.3 Å². The number of nitrogens with zero attached hydrogens (tertiary/aromatic N) is 4. The Balaban J connectivity index is 1.46. The second-order valence-electron chi connectivity index (χ2n) is 12.8. The molecule has 2 fully saturated rings. The lowest BCUT2D eigenvalue weighted by molar-refractivity contribution is -0.137. The van der Waals surface area contributed by atoms with Crippen LogP contribution in [0.5, 0.6) is 5.75 Å². The molecule has 2 aromatic rings. The van der Waals surface area contributed by atoms with E-state index in [1.54, 1.807) is 6.07 Å². The molecule has 2 saturated heterocycles. The van der Waals surface area contributed by atoms with Gasteiger partial charge in [-0.1, -0.05) is 51.0 Å². The van der Waals surface area contributed by atoms with E-state index >= 15 is 0 Å². The second-order valence-corrected chi connectivity index (χ2v) is 12.8. The summed E-state index contributed by atoms with van der Waals surface area (Å²) in [6, 6.07) is 16.3. The molecule has 236 valence electrons. The van der Waals surface area contributed by atoms with Crippen LogP contribution in [0.3, 0.4) is 0 Å². The minimum atomic E-state index is -0.729. The molecule has 0 bridgehead atoms. The molecule has 0 aromatic heterocycles. The van der Waals surface area contributed by atoms with Crippen molar-refractivity contribution in [3.05, 3.63) is 65.2 Å². The maximum atomic E-state index is 13.7. The number of unbranched alkanes of at least 4 members (excludes halogenated alkanes) is 2. The highest BCUT2D eigenvalue weighted by atomic mass is 16.4. The van der Waals surface area contributed by atoms with Crippen LogP contribution < -0.4 is 0 Å². The first-order valence-corrected chi connectivity index (χ1v) is 16.3. The smallest absolute Gasteiger partial charge is 0.303 e. The monoisotopic (exact) mass is 592 g/mol. The molecule has 0 spiro atoms. The lowest BCUT2D eigenvalue weighted by Gasteiger charge is -2.48. The minimum Gasteiger partial charge on any atom is -0.508 e. The Hall–Kier alpha value is -2.94. The number of carboxylic acid groups (broad SMARTS) is 1. The van der Waals surface area contributed by atoms with Crippen LogP contribution in [0.15, 0.2) is 48.5 Å². The fraction of sp³-hybridized carbons (Fsp3) is 0.600. The molecule has 2 aliphatic rings. The van der Waals surface area contributed by atoms with E-state index in [1.807, 2.05) is 29.2 Å². The number of carbonyl (C=O) groups excluding carboxylic acids is 1. The van der Waals surface area contributed by atoms with Crippen molar-refractivity contribution in [3.8, 4) is 5.75 Å². The highest BCUT2D eigenvalue weighted by Crippen LogP contribution is 2.35. The number of amides is 1. The van der Waals surface area contributed by atoms with Crippen LogP contribution in [0.1, 0.15) is 87.3 Å². The van der Waals surface area contributed by atoms with Crippen LogP contribution >= 0.6 is 0 Å². The van der Waals surface area contributed by atoms with Gasteiger partial charge in [0, 0.05) is 69.9 Å². The lowest BCUT2D eigenvalue weighted by atomic mass is 9.92. The first-order valence-electron chi connectivity index (χ1n) is 16.3. The van der Waals surface area contributed by atoms with Gasteiger partial charge < -0.3 is 15.1 Å². The van der Waals surface area contributed by atoms with Gasteiger partial charge in [-0.05, 0) is 74.5 Å². The van der Waals surface area contributed by atoms with Crippen LogP contribution in [-0.4, -0.2) is 106 Å². The van der Waals surface area contributed by atoms with Gasteiger partial charge in [0.25, 0.3) is 5.91 Å². The van der Waals surface area contributed by atoms with E-state index in [0.29, 0.717) is 36.7 Å². The first kappa shape index (κ1) is 33.0. The summed E-state index contributed by atoms with van der Waals surface area (Å²) >= 11 is 0. The fourth-order valence-corrected chi connectivity index (χ4v) is 6.63. The van der Waals surface area contributed by atoms with Crippen LogP contribution in [0.25, 0.3) is 0 Å². The van der Waals surface area contributed by atoms with E-state index in [2.05, 4.69) is 60.6 Å². The summed E-state index contributed by atoms with van der Waals surface area (Å²) in [5, 5.41) is 19.2. The van der Waals surface area contributed by atoms with Crippen molar-refractivity contribution < 1.29 is 19.8 Å². The Bertz CT molecular complexity index is 1200. The topological polar surface area (TPSA) is 87.6 Å². The van der Waals surface area contributed by atoms with Crippen LogP contribution in [0.4, 0.5) is 0 Å². The third kappa shape index (κ3) is 9.03. The molecule has 1 amide bonds. The van der Waals surface area contributed by atoms with Gasteiger partial charge in [0.15, 0.2) is 0 Å². The second kappa shape index (κ2) is 15.7. The van der Waals surface area contributed by atoms with E-state index in [-0.39, 0.29) is 24.1 Å². The molecular formula is C35H52N4O4. The van der Waals surface area contributed by atoms with Gasteiger partial charge in [-0.25, -0.2) is 0 Å². The largest absolute Gasteiger partial charge is 0.508 e. The standard InChI is InChI=1S/C35H52N4O4/c1-5-26(2)23-38-24-28(4)39(25-27(38)3)34(30-12-10-14-32(40)22-30)29-11-9-13-31(21-29)35(43)37-19-17-36(18-20-37)16-8-6-7-15-33(41)42/h9-14,21-22,26-28,34,40H,5-8,15-20,23-25H2,1-4H3,(H,41,42)/t26?,27-,28+,34?/m1/s1. The number of benzene rings is 2. The predicted molar refractivity (Wildman–Crippen MR) is 171 cm³/mol. The molecule has 0 radical (unpaired) electrons. The number of hydrogen-bond donors (Lipinski definition) is 2. The summed E-state index contributed by atoms with van der Waals surface area (Å²) in [5.74, 6) is 0.257. The van der Waals surface area contributed by atoms with Crippen molar-refractivity contribution in [3.63, 3.8) is 0 Å². The average Bonchev–Trinajstić information content (AvgIpc) is 2.99. The van der Waals surface area contributed by atoms with Crippen LogP contribution in [0, 0.1) is 5.92 Å². The maximum Gasteiger partial charge on any atom is 0.303 e. The number of aromatic hydroxyl groups is 1. The van der Waals surface area contributed by atoms with E-state index in [9.17, 15) is 14.7 Å². The highest BCUT2D eigenvalue weighted by molar-refractivity contribution is 5.94. The number of carboxylic acids is 1. The molecule has 0 aliphatic carbocycles.